The zero-order chi connectivity index (χ0) is 17.1. The lowest BCUT2D eigenvalue weighted by Gasteiger charge is -2.23. The van der Waals surface area contributed by atoms with Crippen molar-refractivity contribution < 1.29 is 9.53 Å². The van der Waals surface area contributed by atoms with Crippen molar-refractivity contribution >= 4 is 27.5 Å². The average Bonchev–Trinajstić information content (AvgIpc) is 3.05. The summed E-state index contributed by atoms with van der Waals surface area (Å²) in [5.74, 6) is 0.751. The first-order valence-corrected chi connectivity index (χ1v) is 8.77. The highest BCUT2D eigenvalue weighted by Crippen LogP contribution is 2.29. The van der Waals surface area contributed by atoms with E-state index in [0.29, 0.717) is 12.2 Å². The first-order chi connectivity index (χ1) is 11.6. The van der Waals surface area contributed by atoms with Crippen molar-refractivity contribution in [2.24, 2.45) is 0 Å². The lowest BCUT2D eigenvalue weighted by Crippen LogP contribution is -2.29. The van der Waals surface area contributed by atoms with Crippen LogP contribution in [0.2, 0.25) is 0 Å². The van der Waals surface area contributed by atoms with Crippen molar-refractivity contribution in [2.45, 2.75) is 19.9 Å². The molecule has 0 aliphatic carbocycles. The molecular formula is C19H20N2O2S. The van der Waals surface area contributed by atoms with Gasteiger partial charge in [0.25, 0.3) is 5.91 Å². The van der Waals surface area contributed by atoms with Crippen LogP contribution in [0.1, 0.15) is 35.3 Å². The highest BCUT2D eigenvalue weighted by molar-refractivity contribution is 7.18. The maximum absolute atomic E-state index is 12.7. The van der Waals surface area contributed by atoms with E-state index in [2.05, 4.69) is 11.1 Å². The van der Waals surface area contributed by atoms with Crippen molar-refractivity contribution in [3.63, 3.8) is 0 Å². The Balaban J connectivity index is 1.78. The summed E-state index contributed by atoms with van der Waals surface area (Å²) in [6, 6.07) is 15.2. The van der Waals surface area contributed by atoms with Crippen molar-refractivity contribution in [1.29, 1.82) is 0 Å². The third-order valence-electron chi connectivity index (χ3n) is 3.98. The van der Waals surface area contributed by atoms with E-state index in [1.54, 1.807) is 28.4 Å². The molecule has 2 aromatic carbocycles. The lowest BCUT2D eigenvalue weighted by atomic mass is 10.1. The average molecular weight is 340 g/mol. The quantitative estimate of drug-likeness (QED) is 0.685. The zero-order valence-corrected chi connectivity index (χ0v) is 14.8. The number of amides is 1. The maximum Gasteiger partial charge on any atom is 0.254 e. The summed E-state index contributed by atoms with van der Waals surface area (Å²) in [4.78, 5) is 19.1. The van der Waals surface area contributed by atoms with Crippen LogP contribution in [0.25, 0.3) is 10.2 Å². The molecule has 0 N–H and O–H groups in total. The third-order valence-corrected chi connectivity index (χ3v) is 5.19. The summed E-state index contributed by atoms with van der Waals surface area (Å²) in [7, 11) is 1.82. The predicted molar refractivity (Wildman–Crippen MR) is 97.7 cm³/mol. The summed E-state index contributed by atoms with van der Waals surface area (Å²) in [6.07, 6.45) is 0. The van der Waals surface area contributed by atoms with Crippen LogP contribution < -0.4 is 4.74 Å². The van der Waals surface area contributed by atoms with Gasteiger partial charge in [-0.1, -0.05) is 12.1 Å². The van der Waals surface area contributed by atoms with Gasteiger partial charge < -0.3 is 9.64 Å². The van der Waals surface area contributed by atoms with Gasteiger partial charge in [-0.2, -0.15) is 0 Å². The molecule has 0 bridgehead atoms. The highest BCUT2D eigenvalue weighted by atomic mass is 32.1. The number of ether oxygens (including phenoxy) is 1. The maximum atomic E-state index is 12.7. The van der Waals surface area contributed by atoms with Crippen LogP contribution in [0.5, 0.6) is 5.75 Å². The molecule has 0 radical (unpaired) electrons. The summed E-state index contributed by atoms with van der Waals surface area (Å²) >= 11 is 1.63. The number of benzene rings is 2. The summed E-state index contributed by atoms with van der Waals surface area (Å²) in [5.41, 5.74) is 1.63. The Morgan fingerprint density at radius 2 is 1.92 bits per heavy atom. The molecule has 1 atom stereocenters. The Morgan fingerprint density at radius 3 is 2.58 bits per heavy atom. The molecule has 4 nitrogen and oxygen atoms in total. The van der Waals surface area contributed by atoms with Crippen molar-refractivity contribution in [1.82, 2.24) is 9.88 Å². The van der Waals surface area contributed by atoms with Crippen LogP contribution in [0.15, 0.2) is 48.5 Å². The SMILES string of the molecule is CCOc1ccc(C(=O)N(C)C(C)c2nc3ccccc3s2)cc1. The largest absolute Gasteiger partial charge is 0.494 e. The van der Waals surface area contributed by atoms with Gasteiger partial charge >= 0.3 is 0 Å². The number of carbonyl (C=O) groups excluding carboxylic acids is 1. The molecule has 5 heteroatoms. The topological polar surface area (TPSA) is 42.4 Å². The molecule has 0 saturated heterocycles. The molecule has 0 aliphatic rings. The smallest absolute Gasteiger partial charge is 0.254 e. The monoisotopic (exact) mass is 340 g/mol. The molecule has 0 spiro atoms. The number of rotatable bonds is 5. The predicted octanol–water partition coefficient (Wildman–Crippen LogP) is 4.53. The minimum absolute atomic E-state index is 0.0233. The second-order valence-electron chi connectivity index (χ2n) is 5.57. The molecule has 124 valence electrons. The van der Waals surface area contributed by atoms with E-state index >= 15 is 0 Å². The molecule has 0 aliphatic heterocycles. The molecular weight excluding hydrogens is 320 g/mol. The Morgan fingerprint density at radius 1 is 1.21 bits per heavy atom. The van der Waals surface area contributed by atoms with E-state index in [4.69, 9.17) is 4.74 Å². The van der Waals surface area contributed by atoms with E-state index in [-0.39, 0.29) is 11.9 Å². The minimum Gasteiger partial charge on any atom is -0.494 e. The van der Waals surface area contributed by atoms with Gasteiger partial charge in [0.2, 0.25) is 0 Å². The van der Waals surface area contributed by atoms with E-state index < -0.39 is 0 Å². The number of thiazole rings is 1. The fourth-order valence-corrected chi connectivity index (χ4v) is 3.54. The molecule has 3 aromatic rings. The minimum atomic E-state index is -0.0820. The fourth-order valence-electron chi connectivity index (χ4n) is 2.47. The Bertz CT molecular complexity index is 809. The number of nitrogens with zero attached hydrogens (tertiary/aromatic N) is 2. The summed E-state index contributed by atoms with van der Waals surface area (Å²) in [5, 5.41) is 0.943. The lowest BCUT2D eigenvalue weighted by molar-refractivity contribution is 0.0742. The Labute approximate surface area is 145 Å². The second-order valence-corrected chi connectivity index (χ2v) is 6.63. The molecule has 1 unspecified atom stereocenters. The van der Waals surface area contributed by atoms with Gasteiger partial charge in [0.05, 0.1) is 22.9 Å². The number of hydrogen-bond acceptors (Lipinski definition) is 4. The standard InChI is InChI=1S/C19H20N2O2S/c1-4-23-15-11-9-14(10-12-15)19(22)21(3)13(2)18-20-16-7-5-6-8-17(16)24-18/h5-13H,4H2,1-3H3. The van der Waals surface area contributed by atoms with Crippen LogP contribution in [-0.2, 0) is 0 Å². The van der Waals surface area contributed by atoms with Crippen LogP contribution in [0.3, 0.4) is 0 Å². The normalized spacial score (nSPS) is 12.1. The van der Waals surface area contributed by atoms with Crippen LogP contribution in [0.4, 0.5) is 0 Å². The second kappa shape index (κ2) is 7.01. The number of para-hydroxylation sites is 1. The van der Waals surface area contributed by atoms with Crippen LogP contribution in [-0.4, -0.2) is 29.4 Å². The Hall–Kier alpha value is -2.40. The van der Waals surface area contributed by atoms with Gasteiger partial charge in [-0.3, -0.25) is 4.79 Å². The van der Waals surface area contributed by atoms with Gasteiger partial charge in [0.1, 0.15) is 10.8 Å². The van der Waals surface area contributed by atoms with E-state index in [1.807, 2.05) is 51.2 Å². The van der Waals surface area contributed by atoms with Crippen molar-refractivity contribution in [3.8, 4) is 5.75 Å². The van der Waals surface area contributed by atoms with Crippen molar-refractivity contribution in [2.75, 3.05) is 13.7 Å². The molecule has 1 amide bonds. The summed E-state index contributed by atoms with van der Waals surface area (Å²) in [6.45, 7) is 4.55. The highest BCUT2D eigenvalue weighted by Gasteiger charge is 2.21. The number of carbonyl (C=O) groups is 1. The summed E-state index contributed by atoms with van der Waals surface area (Å²) < 4.78 is 6.56. The Kier molecular flexibility index (Phi) is 4.81. The van der Waals surface area contributed by atoms with Gasteiger partial charge in [-0.05, 0) is 50.2 Å². The molecule has 0 saturated carbocycles. The van der Waals surface area contributed by atoms with E-state index in [0.717, 1.165) is 21.0 Å². The number of hydrogen-bond donors (Lipinski definition) is 0. The van der Waals surface area contributed by atoms with E-state index in [9.17, 15) is 4.79 Å². The van der Waals surface area contributed by atoms with Crippen LogP contribution in [0, 0.1) is 0 Å². The first kappa shape index (κ1) is 16.5. The van der Waals surface area contributed by atoms with Gasteiger partial charge in [0, 0.05) is 12.6 Å². The van der Waals surface area contributed by atoms with Gasteiger partial charge in [-0.15, -0.1) is 11.3 Å². The molecule has 1 aromatic heterocycles. The fraction of sp³-hybridized carbons (Fsp3) is 0.263. The third kappa shape index (κ3) is 3.26. The zero-order valence-electron chi connectivity index (χ0n) is 14.0. The molecule has 1 heterocycles. The van der Waals surface area contributed by atoms with Gasteiger partial charge in [-0.25, -0.2) is 4.98 Å². The van der Waals surface area contributed by atoms with E-state index in [1.165, 1.54) is 0 Å². The number of fused-ring (bicyclic) bond motifs is 1. The van der Waals surface area contributed by atoms with Crippen LogP contribution >= 0.6 is 11.3 Å². The molecule has 0 fully saturated rings. The van der Waals surface area contributed by atoms with Crippen molar-refractivity contribution in [3.05, 3.63) is 59.1 Å². The molecule has 3 rings (SSSR count). The number of aromatic nitrogens is 1. The first-order valence-electron chi connectivity index (χ1n) is 7.95. The van der Waals surface area contributed by atoms with Gasteiger partial charge in [0.15, 0.2) is 0 Å². The molecule has 24 heavy (non-hydrogen) atoms.